The molecule has 1 amide bonds. The fraction of sp³-hybridized carbons (Fsp3) is 0.316. The summed E-state index contributed by atoms with van der Waals surface area (Å²) in [4.78, 5) is 37.4. The molecule has 2 atom stereocenters. The van der Waals surface area contributed by atoms with Crippen LogP contribution in [-0.2, 0) is 16.1 Å². The Hall–Kier alpha value is -3.58. The van der Waals surface area contributed by atoms with Gasteiger partial charge in [0.25, 0.3) is 11.5 Å². The zero-order chi connectivity index (χ0) is 20.5. The SMILES string of the molecule is CC1=CC([N+](=O)[O-])=CCC1CC(NC(=O)OCc1ccccc1)C(=O)C=[N+]=[N-]. The van der Waals surface area contributed by atoms with E-state index in [0.29, 0.717) is 12.6 Å². The molecule has 1 aromatic carbocycles. The van der Waals surface area contributed by atoms with E-state index in [1.165, 1.54) is 12.2 Å². The number of hydrogen-bond donors (Lipinski definition) is 1. The molecule has 1 aliphatic carbocycles. The van der Waals surface area contributed by atoms with E-state index >= 15 is 0 Å². The van der Waals surface area contributed by atoms with Crippen molar-refractivity contribution in [2.24, 2.45) is 5.92 Å². The number of carbonyl (C=O) groups excluding carboxylic acids is 2. The third-order valence-electron chi connectivity index (χ3n) is 4.40. The molecular formula is C19H20N4O5. The van der Waals surface area contributed by atoms with Crippen LogP contribution in [0.3, 0.4) is 0 Å². The lowest BCUT2D eigenvalue weighted by Gasteiger charge is -2.23. The van der Waals surface area contributed by atoms with Crippen LogP contribution in [0.5, 0.6) is 0 Å². The number of ether oxygens (including phenoxy) is 1. The second kappa shape index (κ2) is 9.94. The standard InChI is InChI=1S/C19H20N4O5/c1-13-9-16(23(26)27)8-7-15(13)10-17(18(24)11-21-20)22-19(25)28-12-14-5-3-2-4-6-14/h2-6,8-9,11,15,17H,7,10,12H2,1H3,(H,22,25). The highest BCUT2D eigenvalue weighted by Gasteiger charge is 2.29. The third-order valence-corrected chi connectivity index (χ3v) is 4.40. The van der Waals surface area contributed by atoms with Gasteiger partial charge in [-0.05, 0) is 37.3 Å². The average molecular weight is 384 g/mol. The summed E-state index contributed by atoms with van der Waals surface area (Å²) >= 11 is 0. The molecule has 1 aromatic rings. The first-order chi connectivity index (χ1) is 13.4. The summed E-state index contributed by atoms with van der Waals surface area (Å²) in [6.45, 7) is 1.77. The maximum absolute atomic E-state index is 12.2. The van der Waals surface area contributed by atoms with Crippen molar-refractivity contribution in [2.75, 3.05) is 0 Å². The van der Waals surface area contributed by atoms with Gasteiger partial charge in [0.1, 0.15) is 12.6 Å². The van der Waals surface area contributed by atoms with Crippen LogP contribution in [0.2, 0.25) is 0 Å². The van der Waals surface area contributed by atoms with Gasteiger partial charge in [0.05, 0.1) is 4.92 Å². The molecule has 0 heterocycles. The first-order valence-electron chi connectivity index (χ1n) is 8.62. The second-order valence-corrected chi connectivity index (χ2v) is 6.35. The number of alkyl carbamates (subject to hydrolysis) is 1. The first kappa shape index (κ1) is 20.7. The Bertz CT molecular complexity index is 856. The maximum atomic E-state index is 12.2. The number of allylic oxidation sites excluding steroid dienone is 3. The van der Waals surface area contributed by atoms with Crippen molar-refractivity contribution in [3.63, 3.8) is 0 Å². The Kier molecular flexibility index (Phi) is 7.36. The van der Waals surface area contributed by atoms with Crippen LogP contribution >= 0.6 is 0 Å². The van der Waals surface area contributed by atoms with Gasteiger partial charge in [-0.2, -0.15) is 4.79 Å². The summed E-state index contributed by atoms with van der Waals surface area (Å²) in [5.74, 6) is -0.782. The molecule has 0 fully saturated rings. The minimum absolute atomic E-state index is 0.00350. The van der Waals surface area contributed by atoms with E-state index in [9.17, 15) is 19.7 Å². The molecule has 1 N–H and O–H groups in total. The number of ketones is 1. The Morgan fingerprint density at radius 1 is 1.43 bits per heavy atom. The molecule has 28 heavy (non-hydrogen) atoms. The predicted molar refractivity (Wildman–Crippen MR) is 99.8 cm³/mol. The highest BCUT2D eigenvalue weighted by atomic mass is 16.6. The number of nitrogens with one attached hydrogen (secondary N) is 1. The molecule has 1 aliphatic rings. The molecule has 2 rings (SSSR count). The number of rotatable bonds is 8. The summed E-state index contributed by atoms with van der Waals surface area (Å²) < 4.78 is 5.13. The van der Waals surface area contributed by atoms with Crippen molar-refractivity contribution in [3.05, 3.63) is 75.0 Å². The topological polar surface area (TPSA) is 135 Å². The van der Waals surface area contributed by atoms with Crippen LogP contribution < -0.4 is 5.32 Å². The fourth-order valence-corrected chi connectivity index (χ4v) is 2.85. The summed E-state index contributed by atoms with van der Waals surface area (Å²) in [7, 11) is 0. The lowest BCUT2D eigenvalue weighted by molar-refractivity contribution is -0.419. The van der Waals surface area contributed by atoms with Crippen molar-refractivity contribution in [1.29, 1.82) is 0 Å². The van der Waals surface area contributed by atoms with Crippen molar-refractivity contribution in [2.45, 2.75) is 32.4 Å². The molecule has 0 saturated heterocycles. The number of hydrogen-bond acceptors (Lipinski definition) is 5. The third kappa shape index (κ3) is 6.00. The van der Waals surface area contributed by atoms with Gasteiger partial charge in [-0.15, -0.1) is 0 Å². The smallest absolute Gasteiger partial charge is 0.408 e. The Morgan fingerprint density at radius 3 is 2.75 bits per heavy atom. The van der Waals surface area contributed by atoms with Crippen molar-refractivity contribution in [1.82, 2.24) is 5.32 Å². The molecule has 9 heteroatoms. The lowest BCUT2D eigenvalue weighted by atomic mass is 9.85. The number of Topliss-reactive ketones (excluding diaryl/α,β-unsaturated/α-hetero) is 1. The van der Waals surface area contributed by atoms with E-state index in [4.69, 9.17) is 10.3 Å². The molecule has 0 spiro atoms. The molecule has 2 unspecified atom stereocenters. The maximum Gasteiger partial charge on any atom is 0.408 e. The van der Waals surface area contributed by atoms with Crippen LogP contribution in [0.15, 0.2) is 53.8 Å². The fourth-order valence-electron chi connectivity index (χ4n) is 2.85. The van der Waals surface area contributed by atoms with Gasteiger partial charge in [-0.1, -0.05) is 35.9 Å². The second-order valence-electron chi connectivity index (χ2n) is 6.35. The van der Waals surface area contributed by atoms with Crippen LogP contribution in [-0.4, -0.2) is 33.8 Å². The molecule has 9 nitrogen and oxygen atoms in total. The Balaban J connectivity index is 2.01. The highest BCUT2D eigenvalue weighted by molar-refractivity contribution is 6.28. The number of amides is 1. The van der Waals surface area contributed by atoms with E-state index in [2.05, 4.69) is 10.1 Å². The van der Waals surface area contributed by atoms with Gasteiger partial charge in [-0.25, -0.2) is 4.79 Å². The molecule has 0 aliphatic heterocycles. The summed E-state index contributed by atoms with van der Waals surface area (Å²) in [5.41, 5.74) is 10.2. The van der Waals surface area contributed by atoms with Gasteiger partial charge < -0.3 is 15.6 Å². The number of nitrogens with zero attached hydrogens (tertiary/aromatic N) is 3. The Morgan fingerprint density at radius 2 is 2.14 bits per heavy atom. The van der Waals surface area contributed by atoms with Crippen molar-refractivity contribution < 1.29 is 24.0 Å². The minimum Gasteiger partial charge on any atom is -0.445 e. The molecule has 0 saturated carbocycles. The van der Waals surface area contributed by atoms with Crippen molar-refractivity contribution >= 4 is 18.1 Å². The van der Waals surface area contributed by atoms with Crippen LogP contribution in [0.1, 0.15) is 25.3 Å². The van der Waals surface area contributed by atoms with E-state index in [1.54, 1.807) is 19.1 Å². The number of nitro groups is 1. The van der Waals surface area contributed by atoms with E-state index in [-0.39, 0.29) is 24.6 Å². The zero-order valence-electron chi connectivity index (χ0n) is 15.3. The van der Waals surface area contributed by atoms with Crippen molar-refractivity contribution in [3.8, 4) is 0 Å². The van der Waals surface area contributed by atoms with Gasteiger partial charge >= 0.3 is 12.3 Å². The van der Waals surface area contributed by atoms with E-state index in [0.717, 1.165) is 11.1 Å². The normalized spacial score (nSPS) is 16.7. The minimum atomic E-state index is -0.988. The molecule has 146 valence electrons. The van der Waals surface area contributed by atoms with Crippen LogP contribution in [0.4, 0.5) is 4.79 Å². The van der Waals surface area contributed by atoms with E-state index < -0.39 is 22.8 Å². The monoisotopic (exact) mass is 384 g/mol. The zero-order valence-corrected chi connectivity index (χ0v) is 15.3. The lowest BCUT2D eigenvalue weighted by Crippen LogP contribution is -2.43. The summed E-state index contributed by atoms with van der Waals surface area (Å²) in [6, 6.07) is 8.06. The Labute approximate surface area is 161 Å². The molecular weight excluding hydrogens is 364 g/mol. The highest BCUT2D eigenvalue weighted by Crippen LogP contribution is 2.28. The van der Waals surface area contributed by atoms with Gasteiger partial charge in [0, 0.05) is 6.08 Å². The van der Waals surface area contributed by atoms with Gasteiger partial charge in [0.15, 0.2) is 0 Å². The molecule has 0 aromatic heterocycles. The summed E-state index contributed by atoms with van der Waals surface area (Å²) in [5, 5.41) is 13.4. The first-order valence-corrected chi connectivity index (χ1v) is 8.62. The average Bonchev–Trinajstić information content (AvgIpc) is 2.68. The molecule has 0 radical (unpaired) electrons. The summed E-state index contributed by atoms with van der Waals surface area (Å²) in [6.07, 6.45) is 3.40. The van der Waals surface area contributed by atoms with Gasteiger partial charge in [0.2, 0.25) is 0 Å². The van der Waals surface area contributed by atoms with Crippen LogP contribution in [0.25, 0.3) is 5.53 Å². The van der Waals surface area contributed by atoms with Gasteiger partial charge in [-0.3, -0.25) is 14.9 Å². The molecule has 0 bridgehead atoms. The predicted octanol–water partition coefficient (Wildman–Crippen LogP) is 2.67. The van der Waals surface area contributed by atoms with E-state index in [1.807, 2.05) is 18.2 Å². The number of benzene rings is 1. The largest absolute Gasteiger partial charge is 0.445 e. The quantitative estimate of drug-likeness (QED) is 0.242. The number of carbonyl (C=O) groups is 2. The van der Waals surface area contributed by atoms with Crippen LogP contribution in [0, 0.1) is 16.0 Å².